The summed E-state index contributed by atoms with van der Waals surface area (Å²) in [6.45, 7) is 7.68. The van der Waals surface area contributed by atoms with Gasteiger partial charge >= 0.3 is 54.3 Å². The molecule has 0 heterocycles. The number of benzene rings is 1. The SMILES string of the molecule is CCO[Si](OCC)(OCC)c1ccccc1.[H-].[H-].[Sr+2]. The van der Waals surface area contributed by atoms with Crippen molar-refractivity contribution >= 4 is 59.5 Å². The minimum absolute atomic E-state index is 0. The van der Waals surface area contributed by atoms with E-state index in [1.807, 2.05) is 51.1 Å². The van der Waals surface area contributed by atoms with Gasteiger partial charge < -0.3 is 16.1 Å². The summed E-state index contributed by atoms with van der Waals surface area (Å²) in [7, 11) is -2.67. The van der Waals surface area contributed by atoms with Gasteiger partial charge in [-0.25, -0.2) is 0 Å². The monoisotopic (exact) mass is 330 g/mol. The van der Waals surface area contributed by atoms with Gasteiger partial charge in [0.2, 0.25) is 0 Å². The molecule has 1 aromatic carbocycles. The molecule has 94 valence electrons. The van der Waals surface area contributed by atoms with Crippen LogP contribution >= 0.6 is 0 Å². The molecule has 5 heteroatoms. The number of rotatable bonds is 7. The molecule has 0 saturated carbocycles. The summed E-state index contributed by atoms with van der Waals surface area (Å²) in [5.41, 5.74) is 0. The Morgan fingerprint density at radius 3 is 1.65 bits per heavy atom. The first-order chi connectivity index (χ1) is 7.79. The van der Waals surface area contributed by atoms with Gasteiger partial charge in [-0.2, -0.15) is 0 Å². The summed E-state index contributed by atoms with van der Waals surface area (Å²) >= 11 is 0. The molecule has 0 amide bonds. The average Bonchev–Trinajstić information content (AvgIpc) is 2.31. The Hall–Kier alpha value is 0.797. The molecule has 1 aromatic rings. The van der Waals surface area contributed by atoms with Crippen LogP contribution in [-0.4, -0.2) is 74.1 Å². The minimum atomic E-state index is -2.67. The zero-order valence-corrected chi connectivity index (χ0v) is 15.4. The Kier molecular flexibility index (Phi) is 10.1. The molecule has 0 radical (unpaired) electrons. The van der Waals surface area contributed by atoms with Crippen LogP contribution in [0, 0.1) is 0 Å². The zero-order valence-electron chi connectivity index (χ0n) is 12.9. The van der Waals surface area contributed by atoms with E-state index in [0.29, 0.717) is 19.8 Å². The van der Waals surface area contributed by atoms with Gasteiger partial charge in [0.1, 0.15) is 0 Å². The first-order valence-corrected chi connectivity index (χ1v) is 7.49. The molecule has 0 unspecified atom stereocenters. The van der Waals surface area contributed by atoms with Gasteiger partial charge in [-0.1, -0.05) is 30.3 Å². The van der Waals surface area contributed by atoms with Crippen molar-refractivity contribution in [3.8, 4) is 0 Å². The molecule has 17 heavy (non-hydrogen) atoms. The molecule has 0 spiro atoms. The van der Waals surface area contributed by atoms with Crippen LogP contribution in [0.1, 0.15) is 23.6 Å². The smallest absolute Gasteiger partial charge is 1.00 e. The van der Waals surface area contributed by atoms with Crippen LogP contribution in [-0.2, 0) is 13.3 Å². The van der Waals surface area contributed by atoms with E-state index in [0.717, 1.165) is 5.19 Å². The summed E-state index contributed by atoms with van der Waals surface area (Å²) in [4.78, 5) is 0. The minimum Gasteiger partial charge on any atom is -1.00 e. The second-order valence-electron chi connectivity index (χ2n) is 3.22. The Balaban J connectivity index is -0.000000853. The largest absolute Gasteiger partial charge is 2.00 e. The number of hydrogen-bond acceptors (Lipinski definition) is 3. The molecule has 0 aliphatic rings. The molecular formula is C12H22O3SiSr. The van der Waals surface area contributed by atoms with Gasteiger partial charge in [0, 0.05) is 25.0 Å². The predicted octanol–water partition coefficient (Wildman–Crippen LogP) is 1.79. The first-order valence-electron chi connectivity index (χ1n) is 5.76. The second-order valence-corrected chi connectivity index (χ2v) is 5.78. The quantitative estimate of drug-likeness (QED) is 0.714. The van der Waals surface area contributed by atoms with E-state index in [-0.39, 0.29) is 48.3 Å². The molecular weight excluding hydrogens is 308 g/mol. The Morgan fingerprint density at radius 1 is 0.882 bits per heavy atom. The number of hydrogen-bond donors (Lipinski definition) is 0. The van der Waals surface area contributed by atoms with Crippen molar-refractivity contribution in [1.29, 1.82) is 0 Å². The third-order valence-electron chi connectivity index (χ3n) is 2.13. The fourth-order valence-corrected chi connectivity index (χ4v) is 4.08. The topological polar surface area (TPSA) is 27.7 Å². The van der Waals surface area contributed by atoms with Crippen molar-refractivity contribution in [2.75, 3.05) is 19.8 Å². The van der Waals surface area contributed by atoms with E-state index < -0.39 is 8.80 Å². The standard InChI is InChI=1S/C12H20O3Si.Sr.2H/c1-4-13-16(14-5-2,15-6-3)12-10-8-7-9-11-12;;;/h7-11H,4-6H2,1-3H3;;;/q;+2;2*-1. The van der Waals surface area contributed by atoms with E-state index in [1.54, 1.807) is 0 Å². The van der Waals surface area contributed by atoms with Crippen LogP contribution in [0.15, 0.2) is 30.3 Å². The summed E-state index contributed by atoms with van der Waals surface area (Å²) in [5.74, 6) is 0. The molecule has 0 bridgehead atoms. The zero-order chi connectivity index (χ0) is 11.9. The molecule has 0 aromatic heterocycles. The molecule has 0 aliphatic heterocycles. The van der Waals surface area contributed by atoms with Crippen molar-refractivity contribution in [3.05, 3.63) is 30.3 Å². The second kappa shape index (κ2) is 9.69. The molecule has 0 aliphatic carbocycles. The summed E-state index contributed by atoms with van der Waals surface area (Å²) in [6.07, 6.45) is 0. The van der Waals surface area contributed by atoms with E-state index >= 15 is 0 Å². The van der Waals surface area contributed by atoms with Crippen LogP contribution < -0.4 is 5.19 Å². The fraction of sp³-hybridized carbons (Fsp3) is 0.500. The van der Waals surface area contributed by atoms with E-state index in [4.69, 9.17) is 13.3 Å². The third-order valence-corrected chi connectivity index (χ3v) is 5.18. The van der Waals surface area contributed by atoms with E-state index in [1.165, 1.54) is 0 Å². The molecule has 0 fully saturated rings. The maximum Gasteiger partial charge on any atom is 2.00 e. The first kappa shape index (κ1) is 17.8. The Labute approximate surface area is 145 Å². The molecule has 3 nitrogen and oxygen atoms in total. The van der Waals surface area contributed by atoms with Crippen LogP contribution in [0.2, 0.25) is 0 Å². The maximum absolute atomic E-state index is 5.79. The fourth-order valence-electron chi connectivity index (χ4n) is 1.59. The maximum atomic E-state index is 5.79. The van der Waals surface area contributed by atoms with Gasteiger partial charge in [0.15, 0.2) is 0 Å². The van der Waals surface area contributed by atoms with Crippen molar-refractivity contribution in [2.45, 2.75) is 20.8 Å². The Bertz CT molecular complexity index is 287. The summed E-state index contributed by atoms with van der Waals surface area (Å²) in [6, 6.07) is 9.95. The summed E-state index contributed by atoms with van der Waals surface area (Å²) < 4.78 is 17.4. The Morgan fingerprint density at radius 2 is 1.29 bits per heavy atom. The van der Waals surface area contributed by atoms with Crippen LogP contribution in [0.4, 0.5) is 0 Å². The van der Waals surface area contributed by atoms with Crippen molar-refractivity contribution < 1.29 is 16.1 Å². The van der Waals surface area contributed by atoms with Gasteiger partial charge in [-0.15, -0.1) is 0 Å². The average molecular weight is 330 g/mol. The van der Waals surface area contributed by atoms with Crippen molar-refractivity contribution in [2.24, 2.45) is 0 Å². The van der Waals surface area contributed by atoms with Crippen LogP contribution in [0.25, 0.3) is 0 Å². The normalized spacial score (nSPS) is 11.0. The van der Waals surface area contributed by atoms with E-state index in [9.17, 15) is 0 Å². The summed E-state index contributed by atoms with van der Waals surface area (Å²) in [5, 5.41) is 1.03. The molecule has 1 rings (SSSR count). The van der Waals surface area contributed by atoms with Gasteiger partial charge in [0.25, 0.3) is 0 Å². The molecule has 0 N–H and O–H groups in total. The molecule has 0 saturated heterocycles. The van der Waals surface area contributed by atoms with E-state index in [2.05, 4.69) is 0 Å². The van der Waals surface area contributed by atoms with Crippen LogP contribution in [0.5, 0.6) is 0 Å². The van der Waals surface area contributed by atoms with Crippen molar-refractivity contribution in [3.63, 3.8) is 0 Å². The molecule has 0 atom stereocenters. The van der Waals surface area contributed by atoms with Gasteiger partial charge in [-0.3, -0.25) is 0 Å². The van der Waals surface area contributed by atoms with Crippen molar-refractivity contribution in [1.82, 2.24) is 0 Å². The third kappa shape index (κ3) is 5.12. The van der Waals surface area contributed by atoms with Gasteiger partial charge in [-0.05, 0) is 20.8 Å². The van der Waals surface area contributed by atoms with Crippen LogP contribution in [0.3, 0.4) is 0 Å². The van der Waals surface area contributed by atoms with Gasteiger partial charge in [0.05, 0.1) is 0 Å². The predicted molar refractivity (Wildman–Crippen MR) is 74.7 cm³/mol.